The molecule has 2 heterocycles. The normalized spacial score (nSPS) is 19.1. The van der Waals surface area contributed by atoms with E-state index in [1.807, 2.05) is 30.1 Å². The molecule has 0 aromatic carbocycles. The molecule has 2 amide bonds. The Hall–Kier alpha value is -1.49. The number of carbonyl (C=O) groups excluding carboxylic acids is 2. The summed E-state index contributed by atoms with van der Waals surface area (Å²) in [7, 11) is 1.90. The van der Waals surface area contributed by atoms with E-state index in [1.165, 1.54) is 0 Å². The van der Waals surface area contributed by atoms with Gasteiger partial charge >= 0.3 is 0 Å². The molecule has 0 unspecified atom stereocenters. The highest BCUT2D eigenvalue weighted by Gasteiger charge is 2.24. The number of hydrogen-bond donors (Lipinski definition) is 1. The van der Waals surface area contributed by atoms with E-state index >= 15 is 0 Å². The highest BCUT2D eigenvalue weighted by molar-refractivity contribution is 8.18. The Morgan fingerprint density at radius 1 is 1.50 bits per heavy atom. The molecule has 1 aromatic rings. The van der Waals surface area contributed by atoms with Crippen LogP contribution >= 0.6 is 11.8 Å². The summed E-state index contributed by atoms with van der Waals surface area (Å²) in [5.41, 5.74) is 0.917. The van der Waals surface area contributed by atoms with E-state index in [2.05, 4.69) is 5.32 Å². The van der Waals surface area contributed by atoms with Crippen LogP contribution in [0.3, 0.4) is 0 Å². The summed E-state index contributed by atoms with van der Waals surface area (Å²) >= 11 is 0.930. The number of aryl methyl sites for hydroxylation is 1. The number of hydrogen-bond acceptors (Lipinski definition) is 3. The van der Waals surface area contributed by atoms with E-state index in [9.17, 15) is 9.59 Å². The number of amides is 2. The monoisotopic (exact) mass is 208 g/mol. The fourth-order valence-corrected chi connectivity index (χ4v) is 1.86. The van der Waals surface area contributed by atoms with Crippen LogP contribution in [0.1, 0.15) is 5.56 Å². The van der Waals surface area contributed by atoms with E-state index < -0.39 is 0 Å². The number of rotatable bonds is 1. The zero-order valence-electron chi connectivity index (χ0n) is 7.48. The Balaban J connectivity index is 2.27. The highest BCUT2D eigenvalue weighted by Crippen LogP contribution is 2.25. The van der Waals surface area contributed by atoms with Crippen molar-refractivity contribution in [3.63, 3.8) is 0 Å². The Morgan fingerprint density at radius 2 is 2.29 bits per heavy atom. The van der Waals surface area contributed by atoms with Crippen molar-refractivity contribution in [1.29, 1.82) is 0 Å². The topological polar surface area (TPSA) is 51.1 Å². The van der Waals surface area contributed by atoms with Gasteiger partial charge in [0.1, 0.15) is 0 Å². The van der Waals surface area contributed by atoms with Gasteiger partial charge in [-0.15, -0.1) is 0 Å². The van der Waals surface area contributed by atoms with Gasteiger partial charge in [-0.05, 0) is 29.5 Å². The molecule has 1 aliphatic rings. The largest absolute Gasteiger partial charge is 0.357 e. The van der Waals surface area contributed by atoms with E-state index in [0.29, 0.717) is 4.91 Å². The molecular weight excluding hydrogens is 200 g/mol. The minimum Gasteiger partial charge on any atom is -0.357 e. The molecular formula is C9H8N2O2S. The van der Waals surface area contributed by atoms with E-state index in [4.69, 9.17) is 0 Å². The van der Waals surface area contributed by atoms with Gasteiger partial charge in [-0.2, -0.15) is 0 Å². The van der Waals surface area contributed by atoms with Gasteiger partial charge in [0.15, 0.2) is 0 Å². The molecule has 1 saturated heterocycles. The second-order valence-corrected chi connectivity index (χ2v) is 3.98. The summed E-state index contributed by atoms with van der Waals surface area (Å²) in [6.45, 7) is 0. The van der Waals surface area contributed by atoms with Gasteiger partial charge in [-0.1, -0.05) is 0 Å². The van der Waals surface area contributed by atoms with Gasteiger partial charge in [0.05, 0.1) is 4.91 Å². The molecule has 0 radical (unpaired) electrons. The quantitative estimate of drug-likeness (QED) is 0.709. The molecule has 72 valence electrons. The van der Waals surface area contributed by atoms with Crippen molar-refractivity contribution in [1.82, 2.24) is 9.88 Å². The Morgan fingerprint density at radius 3 is 2.79 bits per heavy atom. The standard InChI is InChI=1S/C9H8N2O2S/c1-11-3-2-6(5-11)4-7-8(12)10-9(13)14-7/h2-5H,1H3,(H,10,12,13)/b7-4-. The Bertz CT molecular complexity index is 434. The van der Waals surface area contributed by atoms with Crippen molar-refractivity contribution in [2.75, 3.05) is 0 Å². The fraction of sp³-hybridized carbons (Fsp3) is 0.111. The zero-order chi connectivity index (χ0) is 10.1. The summed E-state index contributed by atoms with van der Waals surface area (Å²) in [6.07, 6.45) is 5.46. The third kappa shape index (κ3) is 1.72. The lowest BCUT2D eigenvalue weighted by Crippen LogP contribution is -2.17. The van der Waals surface area contributed by atoms with Crippen LogP contribution < -0.4 is 5.32 Å². The van der Waals surface area contributed by atoms with Gasteiger partial charge in [-0.3, -0.25) is 14.9 Å². The first-order valence-corrected chi connectivity index (χ1v) is 4.83. The molecule has 0 bridgehead atoms. The lowest BCUT2D eigenvalue weighted by Gasteiger charge is -1.89. The molecule has 4 nitrogen and oxygen atoms in total. The molecule has 0 saturated carbocycles. The molecule has 1 fully saturated rings. The Kier molecular flexibility index (Phi) is 2.17. The molecule has 0 spiro atoms. The van der Waals surface area contributed by atoms with Crippen LogP contribution in [-0.4, -0.2) is 15.7 Å². The van der Waals surface area contributed by atoms with E-state index in [-0.39, 0.29) is 11.1 Å². The van der Waals surface area contributed by atoms with Crippen molar-refractivity contribution < 1.29 is 9.59 Å². The smallest absolute Gasteiger partial charge is 0.290 e. The maximum Gasteiger partial charge on any atom is 0.290 e. The second-order valence-electron chi connectivity index (χ2n) is 2.96. The molecule has 14 heavy (non-hydrogen) atoms. The van der Waals surface area contributed by atoms with Gasteiger partial charge < -0.3 is 4.57 Å². The van der Waals surface area contributed by atoms with Crippen molar-refractivity contribution in [2.24, 2.45) is 7.05 Å². The SMILES string of the molecule is Cn1ccc(/C=C2\SC(=O)NC2=O)c1. The first-order valence-electron chi connectivity index (χ1n) is 4.02. The highest BCUT2D eigenvalue weighted by atomic mass is 32.2. The maximum atomic E-state index is 11.2. The summed E-state index contributed by atoms with van der Waals surface area (Å²) < 4.78 is 1.88. The van der Waals surface area contributed by atoms with Crippen molar-refractivity contribution in [3.05, 3.63) is 28.9 Å². The fourth-order valence-electron chi connectivity index (χ4n) is 1.18. The minimum atomic E-state index is -0.316. The Labute approximate surface area is 85.0 Å². The summed E-state index contributed by atoms with van der Waals surface area (Å²) in [5.74, 6) is -0.316. The third-order valence-electron chi connectivity index (χ3n) is 1.79. The molecule has 2 rings (SSSR count). The lowest BCUT2D eigenvalue weighted by molar-refractivity contribution is -0.115. The van der Waals surface area contributed by atoms with Crippen molar-refractivity contribution >= 4 is 29.0 Å². The van der Waals surface area contributed by atoms with Crippen LogP contribution in [0.25, 0.3) is 6.08 Å². The van der Waals surface area contributed by atoms with Crippen LogP contribution in [0.15, 0.2) is 23.4 Å². The van der Waals surface area contributed by atoms with Gasteiger partial charge in [0.2, 0.25) is 0 Å². The predicted molar refractivity (Wildman–Crippen MR) is 54.5 cm³/mol. The van der Waals surface area contributed by atoms with Gasteiger partial charge in [-0.25, -0.2) is 0 Å². The number of imide groups is 1. The molecule has 1 aromatic heterocycles. The lowest BCUT2D eigenvalue weighted by atomic mass is 10.3. The molecule has 1 N–H and O–H groups in total. The summed E-state index contributed by atoms with van der Waals surface area (Å²) in [5, 5.41) is 1.90. The molecule has 5 heteroatoms. The first kappa shape index (κ1) is 9.08. The van der Waals surface area contributed by atoms with E-state index in [0.717, 1.165) is 17.3 Å². The number of carbonyl (C=O) groups is 2. The average Bonchev–Trinajstić information content (AvgIpc) is 2.61. The molecule has 0 atom stereocenters. The number of aromatic nitrogens is 1. The van der Waals surface area contributed by atoms with Crippen LogP contribution in [0.5, 0.6) is 0 Å². The molecule has 0 aliphatic carbocycles. The zero-order valence-corrected chi connectivity index (χ0v) is 8.30. The van der Waals surface area contributed by atoms with Gasteiger partial charge in [0.25, 0.3) is 11.1 Å². The number of nitrogens with one attached hydrogen (secondary N) is 1. The maximum absolute atomic E-state index is 11.2. The summed E-state index contributed by atoms with van der Waals surface area (Å²) in [6, 6.07) is 1.88. The van der Waals surface area contributed by atoms with Gasteiger partial charge in [0, 0.05) is 19.4 Å². The van der Waals surface area contributed by atoms with Crippen LogP contribution in [-0.2, 0) is 11.8 Å². The van der Waals surface area contributed by atoms with Crippen LogP contribution in [0.2, 0.25) is 0 Å². The summed E-state index contributed by atoms with van der Waals surface area (Å²) in [4.78, 5) is 22.5. The average molecular weight is 208 g/mol. The van der Waals surface area contributed by atoms with E-state index in [1.54, 1.807) is 6.08 Å². The van der Waals surface area contributed by atoms with Crippen molar-refractivity contribution in [2.45, 2.75) is 0 Å². The van der Waals surface area contributed by atoms with Crippen LogP contribution in [0, 0.1) is 0 Å². The first-order chi connectivity index (χ1) is 6.65. The predicted octanol–water partition coefficient (Wildman–Crippen LogP) is 1.35. The van der Waals surface area contributed by atoms with Crippen molar-refractivity contribution in [3.8, 4) is 0 Å². The van der Waals surface area contributed by atoms with Crippen LogP contribution in [0.4, 0.5) is 4.79 Å². The second kappa shape index (κ2) is 3.34. The molecule has 1 aliphatic heterocycles. The third-order valence-corrected chi connectivity index (χ3v) is 2.61. The number of nitrogens with zero attached hydrogens (tertiary/aromatic N) is 1. The minimum absolute atomic E-state index is 0.308. The number of thioether (sulfide) groups is 1.